The fraction of sp³-hybridized carbons (Fsp3) is 0.467. The molecule has 1 aromatic carbocycles. The molecule has 2 rings (SSSR count). The SMILES string of the molecule is COC(=O)[C@H]1CCCCN1C(=O)c1ccc(F)c(C)c1. The van der Waals surface area contributed by atoms with Crippen molar-refractivity contribution in [2.75, 3.05) is 13.7 Å². The number of benzene rings is 1. The lowest BCUT2D eigenvalue weighted by Gasteiger charge is -2.33. The van der Waals surface area contributed by atoms with Gasteiger partial charge in [-0.3, -0.25) is 4.79 Å². The van der Waals surface area contributed by atoms with Gasteiger partial charge in [-0.15, -0.1) is 0 Å². The number of piperidine rings is 1. The van der Waals surface area contributed by atoms with Crippen LogP contribution < -0.4 is 0 Å². The van der Waals surface area contributed by atoms with E-state index in [9.17, 15) is 14.0 Å². The van der Waals surface area contributed by atoms with E-state index in [1.54, 1.807) is 6.92 Å². The maximum absolute atomic E-state index is 13.3. The third-order valence-electron chi connectivity index (χ3n) is 3.64. The maximum Gasteiger partial charge on any atom is 0.328 e. The van der Waals surface area contributed by atoms with Crippen LogP contribution in [0.5, 0.6) is 0 Å². The van der Waals surface area contributed by atoms with Crippen LogP contribution in [-0.2, 0) is 9.53 Å². The van der Waals surface area contributed by atoms with Crippen LogP contribution in [0, 0.1) is 12.7 Å². The van der Waals surface area contributed by atoms with E-state index >= 15 is 0 Å². The Bertz CT molecular complexity index is 530. The number of halogens is 1. The predicted octanol–water partition coefficient (Wildman–Crippen LogP) is 2.30. The smallest absolute Gasteiger partial charge is 0.328 e. The van der Waals surface area contributed by atoms with Crippen molar-refractivity contribution < 1.29 is 18.7 Å². The highest BCUT2D eigenvalue weighted by Crippen LogP contribution is 2.21. The van der Waals surface area contributed by atoms with Crippen molar-refractivity contribution in [3.05, 3.63) is 35.1 Å². The Hall–Kier alpha value is -1.91. The number of aryl methyl sites for hydroxylation is 1. The summed E-state index contributed by atoms with van der Waals surface area (Å²) >= 11 is 0. The van der Waals surface area contributed by atoms with Gasteiger partial charge in [0, 0.05) is 12.1 Å². The topological polar surface area (TPSA) is 46.6 Å². The number of nitrogens with zero attached hydrogens (tertiary/aromatic N) is 1. The highest BCUT2D eigenvalue weighted by atomic mass is 19.1. The van der Waals surface area contributed by atoms with E-state index in [0.717, 1.165) is 12.8 Å². The van der Waals surface area contributed by atoms with Crippen LogP contribution in [0.15, 0.2) is 18.2 Å². The van der Waals surface area contributed by atoms with Crippen molar-refractivity contribution in [1.82, 2.24) is 4.90 Å². The van der Waals surface area contributed by atoms with Crippen molar-refractivity contribution in [3.8, 4) is 0 Å². The fourth-order valence-corrected chi connectivity index (χ4v) is 2.50. The summed E-state index contributed by atoms with van der Waals surface area (Å²) in [7, 11) is 1.32. The number of amides is 1. The molecule has 108 valence electrons. The lowest BCUT2D eigenvalue weighted by atomic mass is 10.0. The molecule has 1 aliphatic rings. The minimum atomic E-state index is -0.536. The summed E-state index contributed by atoms with van der Waals surface area (Å²) in [5.74, 6) is -0.982. The minimum Gasteiger partial charge on any atom is -0.467 e. The molecule has 1 amide bonds. The Morgan fingerprint density at radius 1 is 1.35 bits per heavy atom. The molecule has 1 fully saturated rings. The summed E-state index contributed by atoms with van der Waals surface area (Å²) in [6, 6.07) is 3.71. The van der Waals surface area contributed by atoms with Gasteiger partial charge in [-0.25, -0.2) is 9.18 Å². The zero-order chi connectivity index (χ0) is 14.7. The molecule has 20 heavy (non-hydrogen) atoms. The summed E-state index contributed by atoms with van der Waals surface area (Å²) < 4.78 is 18.0. The van der Waals surface area contributed by atoms with E-state index in [4.69, 9.17) is 4.74 Å². The van der Waals surface area contributed by atoms with E-state index in [0.29, 0.717) is 24.1 Å². The molecule has 0 bridgehead atoms. The lowest BCUT2D eigenvalue weighted by Crippen LogP contribution is -2.48. The fourth-order valence-electron chi connectivity index (χ4n) is 2.50. The number of rotatable bonds is 2. The zero-order valence-corrected chi connectivity index (χ0v) is 11.7. The zero-order valence-electron chi connectivity index (χ0n) is 11.7. The van der Waals surface area contributed by atoms with Gasteiger partial charge in [-0.2, -0.15) is 0 Å². The first kappa shape index (κ1) is 14.5. The van der Waals surface area contributed by atoms with Crippen LogP contribution in [0.3, 0.4) is 0 Å². The lowest BCUT2D eigenvalue weighted by molar-refractivity contribution is -0.147. The van der Waals surface area contributed by atoms with Crippen LogP contribution in [0.1, 0.15) is 35.2 Å². The van der Waals surface area contributed by atoms with Gasteiger partial charge in [0.15, 0.2) is 0 Å². The number of esters is 1. The predicted molar refractivity (Wildman–Crippen MR) is 71.8 cm³/mol. The first-order chi connectivity index (χ1) is 9.54. The molecule has 1 heterocycles. The summed E-state index contributed by atoms with van der Waals surface area (Å²) in [6.07, 6.45) is 2.37. The Morgan fingerprint density at radius 3 is 2.75 bits per heavy atom. The van der Waals surface area contributed by atoms with Crippen molar-refractivity contribution >= 4 is 11.9 Å². The number of methoxy groups -OCH3 is 1. The van der Waals surface area contributed by atoms with E-state index in [1.165, 1.54) is 30.2 Å². The van der Waals surface area contributed by atoms with Crippen LogP contribution in [0.2, 0.25) is 0 Å². The van der Waals surface area contributed by atoms with E-state index in [2.05, 4.69) is 0 Å². The van der Waals surface area contributed by atoms with Crippen molar-refractivity contribution in [2.24, 2.45) is 0 Å². The van der Waals surface area contributed by atoms with Gasteiger partial charge in [0.2, 0.25) is 0 Å². The molecule has 5 heteroatoms. The summed E-state index contributed by atoms with van der Waals surface area (Å²) in [4.78, 5) is 25.8. The largest absolute Gasteiger partial charge is 0.467 e. The summed E-state index contributed by atoms with van der Waals surface area (Å²) in [6.45, 7) is 2.13. The summed E-state index contributed by atoms with van der Waals surface area (Å²) in [5, 5.41) is 0. The second-order valence-electron chi connectivity index (χ2n) is 5.00. The van der Waals surface area contributed by atoms with Gasteiger partial charge in [-0.05, 0) is 49.9 Å². The molecule has 4 nitrogen and oxygen atoms in total. The Labute approximate surface area is 117 Å². The number of carbonyl (C=O) groups is 2. The molecule has 0 aromatic heterocycles. The first-order valence-electron chi connectivity index (χ1n) is 6.69. The van der Waals surface area contributed by atoms with Crippen LogP contribution in [0.4, 0.5) is 4.39 Å². The molecule has 0 spiro atoms. The monoisotopic (exact) mass is 279 g/mol. The molecular weight excluding hydrogens is 261 g/mol. The van der Waals surface area contributed by atoms with Gasteiger partial charge < -0.3 is 9.64 Å². The van der Waals surface area contributed by atoms with Crippen LogP contribution >= 0.6 is 0 Å². The Morgan fingerprint density at radius 2 is 2.10 bits per heavy atom. The van der Waals surface area contributed by atoms with Crippen LogP contribution in [-0.4, -0.2) is 36.5 Å². The maximum atomic E-state index is 13.3. The van der Waals surface area contributed by atoms with E-state index < -0.39 is 12.0 Å². The highest BCUT2D eigenvalue weighted by Gasteiger charge is 2.33. The highest BCUT2D eigenvalue weighted by molar-refractivity contribution is 5.97. The second-order valence-corrected chi connectivity index (χ2v) is 5.00. The van der Waals surface area contributed by atoms with Gasteiger partial charge in [0.1, 0.15) is 11.9 Å². The molecule has 0 N–H and O–H groups in total. The number of carbonyl (C=O) groups excluding carboxylic acids is 2. The molecule has 1 atom stereocenters. The normalized spacial score (nSPS) is 18.8. The molecule has 1 saturated heterocycles. The average Bonchev–Trinajstić information content (AvgIpc) is 2.48. The number of hydrogen-bond donors (Lipinski definition) is 0. The molecule has 1 aromatic rings. The quantitative estimate of drug-likeness (QED) is 0.780. The van der Waals surface area contributed by atoms with Gasteiger partial charge in [0.25, 0.3) is 5.91 Å². The average molecular weight is 279 g/mol. The van der Waals surface area contributed by atoms with Crippen molar-refractivity contribution in [2.45, 2.75) is 32.2 Å². The third-order valence-corrected chi connectivity index (χ3v) is 3.64. The Kier molecular flexibility index (Phi) is 4.37. The molecule has 1 aliphatic heterocycles. The number of likely N-dealkylation sites (tertiary alicyclic amines) is 1. The third kappa shape index (κ3) is 2.81. The summed E-state index contributed by atoms with van der Waals surface area (Å²) in [5.41, 5.74) is 0.821. The number of hydrogen-bond acceptors (Lipinski definition) is 3. The minimum absolute atomic E-state index is 0.247. The Balaban J connectivity index is 2.25. The van der Waals surface area contributed by atoms with E-state index in [1.807, 2.05) is 0 Å². The molecular formula is C15H18FNO3. The van der Waals surface area contributed by atoms with Gasteiger partial charge in [-0.1, -0.05) is 0 Å². The molecule has 0 unspecified atom stereocenters. The van der Waals surface area contributed by atoms with Gasteiger partial charge >= 0.3 is 5.97 Å². The second kappa shape index (κ2) is 6.03. The standard InChI is InChI=1S/C15H18FNO3/c1-10-9-11(6-7-12(10)16)14(18)17-8-4-3-5-13(17)15(19)20-2/h6-7,9,13H,3-5,8H2,1-2H3/t13-/m1/s1. The molecule has 0 aliphatic carbocycles. The van der Waals surface area contributed by atoms with Gasteiger partial charge in [0.05, 0.1) is 7.11 Å². The van der Waals surface area contributed by atoms with E-state index in [-0.39, 0.29) is 11.7 Å². The van der Waals surface area contributed by atoms with Crippen LogP contribution in [0.25, 0.3) is 0 Å². The molecule has 0 saturated carbocycles. The number of ether oxygens (including phenoxy) is 1. The first-order valence-corrected chi connectivity index (χ1v) is 6.69. The van der Waals surface area contributed by atoms with Crippen molar-refractivity contribution in [3.63, 3.8) is 0 Å². The molecule has 0 radical (unpaired) electrons. The van der Waals surface area contributed by atoms with Crippen molar-refractivity contribution in [1.29, 1.82) is 0 Å².